The average Bonchev–Trinajstić information content (AvgIpc) is 3.01. The van der Waals surface area contributed by atoms with Gasteiger partial charge in [0, 0.05) is 18.7 Å². The molecule has 0 saturated carbocycles. The number of hydrogen-bond acceptors (Lipinski definition) is 5. The van der Waals surface area contributed by atoms with E-state index < -0.39 is 10.0 Å². The monoisotopic (exact) mass is 340 g/mol. The van der Waals surface area contributed by atoms with Gasteiger partial charge in [0.15, 0.2) is 11.5 Å². The molecule has 128 valence electrons. The van der Waals surface area contributed by atoms with Gasteiger partial charge < -0.3 is 9.47 Å². The first kappa shape index (κ1) is 16.5. The lowest BCUT2D eigenvalue weighted by Crippen LogP contribution is -2.45. The Bertz CT molecular complexity index is 654. The molecule has 0 spiro atoms. The molecule has 7 heteroatoms. The van der Waals surface area contributed by atoms with Gasteiger partial charge in [-0.15, -0.1) is 0 Å². The quantitative estimate of drug-likeness (QED) is 0.885. The molecule has 1 saturated heterocycles. The molecule has 1 fully saturated rings. The molecule has 0 aromatic heterocycles. The molecule has 2 aliphatic heterocycles. The van der Waals surface area contributed by atoms with Gasteiger partial charge in [0.05, 0.1) is 4.90 Å². The van der Waals surface area contributed by atoms with Crippen LogP contribution in [0.25, 0.3) is 0 Å². The summed E-state index contributed by atoms with van der Waals surface area (Å²) in [5, 5.41) is 0. The molecule has 6 nitrogen and oxygen atoms in total. The van der Waals surface area contributed by atoms with Gasteiger partial charge in [-0.1, -0.05) is 6.92 Å². The molecule has 0 bridgehead atoms. The molecule has 1 N–H and O–H groups in total. The molecule has 23 heavy (non-hydrogen) atoms. The number of sulfonamides is 1. The number of benzene rings is 1. The Morgan fingerprint density at radius 2 is 1.96 bits per heavy atom. The molecule has 1 atom stereocenters. The summed E-state index contributed by atoms with van der Waals surface area (Å²) in [7, 11) is -3.54. The third-order valence-electron chi connectivity index (χ3n) is 4.66. The van der Waals surface area contributed by atoms with E-state index in [1.165, 1.54) is 18.9 Å². The predicted octanol–water partition coefficient (Wildman–Crippen LogP) is 1.81. The first-order valence-electron chi connectivity index (χ1n) is 8.09. The summed E-state index contributed by atoms with van der Waals surface area (Å²) < 4.78 is 38.1. The molecule has 0 radical (unpaired) electrons. The Kier molecular flexibility index (Phi) is 4.79. The molecule has 2 heterocycles. The van der Waals surface area contributed by atoms with Crippen molar-refractivity contribution < 1.29 is 17.9 Å². The third kappa shape index (κ3) is 3.79. The lowest BCUT2D eigenvalue weighted by molar-refractivity contribution is 0.148. The van der Waals surface area contributed by atoms with Crippen molar-refractivity contribution in [2.45, 2.75) is 37.6 Å². The van der Waals surface area contributed by atoms with E-state index in [4.69, 9.17) is 9.47 Å². The number of likely N-dealkylation sites (tertiary alicyclic amines) is 1. The van der Waals surface area contributed by atoms with Gasteiger partial charge in [-0.25, -0.2) is 13.1 Å². The summed E-state index contributed by atoms with van der Waals surface area (Å²) in [5.41, 5.74) is 0. The van der Waals surface area contributed by atoms with E-state index in [1.54, 1.807) is 12.1 Å². The van der Waals surface area contributed by atoms with E-state index in [0.717, 1.165) is 19.0 Å². The number of nitrogens with zero attached hydrogens (tertiary/aromatic N) is 1. The zero-order valence-electron chi connectivity index (χ0n) is 13.6. The highest BCUT2D eigenvalue weighted by Crippen LogP contribution is 2.33. The normalized spacial score (nSPS) is 20.6. The van der Waals surface area contributed by atoms with Gasteiger partial charge in [0.25, 0.3) is 0 Å². The summed E-state index contributed by atoms with van der Waals surface area (Å²) in [6, 6.07) is 4.87. The average molecular weight is 340 g/mol. The highest BCUT2D eigenvalue weighted by atomic mass is 32.2. The van der Waals surface area contributed by atoms with Gasteiger partial charge in [-0.2, -0.15) is 0 Å². The molecular formula is C16H24N2O4S. The van der Waals surface area contributed by atoms with Crippen molar-refractivity contribution in [3.8, 4) is 11.5 Å². The number of hydrogen-bond donors (Lipinski definition) is 1. The minimum atomic E-state index is -3.54. The molecule has 3 rings (SSSR count). The first-order valence-corrected chi connectivity index (χ1v) is 9.57. The van der Waals surface area contributed by atoms with Crippen LogP contribution in [0.5, 0.6) is 11.5 Å². The number of rotatable bonds is 5. The van der Waals surface area contributed by atoms with Crippen molar-refractivity contribution >= 4 is 10.0 Å². The van der Waals surface area contributed by atoms with Crippen LogP contribution in [0.15, 0.2) is 23.1 Å². The van der Waals surface area contributed by atoms with Crippen molar-refractivity contribution in [1.82, 2.24) is 9.62 Å². The third-order valence-corrected chi connectivity index (χ3v) is 6.09. The zero-order chi connectivity index (χ0) is 16.4. The highest BCUT2D eigenvalue weighted by molar-refractivity contribution is 7.89. The maximum atomic E-state index is 12.4. The van der Waals surface area contributed by atoms with Crippen LogP contribution in [-0.4, -0.2) is 45.8 Å². The number of ether oxygens (including phenoxy) is 2. The molecule has 0 aliphatic carbocycles. The number of piperidine rings is 1. The Labute approximate surface area is 137 Å². The predicted molar refractivity (Wildman–Crippen MR) is 87.2 cm³/mol. The fourth-order valence-electron chi connectivity index (χ4n) is 2.96. The van der Waals surface area contributed by atoms with Crippen molar-refractivity contribution in [2.24, 2.45) is 5.92 Å². The molecular weight excluding hydrogens is 316 g/mol. The van der Waals surface area contributed by atoms with E-state index >= 15 is 0 Å². The molecule has 1 unspecified atom stereocenters. The highest BCUT2D eigenvalue weighted by Gasteiger charge is 2.24. The molecule has 1 aromatic rings. The Balaban J connectivity index is 1.60. The van der Waals surface area contributed by atoms with Gasteiger partial charge in [-0.3, -0.25) is 4.90 Å². The fourth-order valence-corrected chi connectivity index (χ4v) is 4.09. The first-order chi connectivity index (χ1) is 11.0. The second-order valence-corrected chi connectivity index (χ2v) is 8.20. The van der Waals surface area contributed by atoms with Gasteiger partial charge in [-0.05, 0) is 50.9 Å². The topological polar surface area (TPSA) is 67.9 Å². The van der Waals surface area contributed by atoms with E-state index in [1.807, 2.05) is 0 Å². The summed E-state index contributed by atoms with van der Waals surface area (Å²) >= 11 is 0. The van der Waals surface area contributed by atoms with Crippen LogP contribution in [0.1, 0.15) is 26.7 Å². The van der Waals surface area contributed by atoms with Crippen molar-refractivity contribution in [1.29, 1.82) is 0 Å². The zero-order valence-corrected chi connectivity index (χ0v) is 14.4. The Morgan fingerprint density at radius 3 is 2.70 bits per heavy atom. The number of nitrogens with one attached hydrogen (secondary N) is 1. The molecule has 0 amide bonds. The van der Waals surface area contributed by atoms with E-state index in [0.29, 0.717) is 18.0 Å². The van der Waals surface area contributed by atoms with Crippen LogP contribution >= 0.6 is 0 Å². The second-order valence-electron chi connectivity index (χ2n) is 6.43. The molecule has 1 aromatic carbocycles. The number of fused-ring (bicyclic) bond motifs is 1. The fraction of sp³-hybridized carbons (Fsp3) is 0.625. The van der Waals surface area contributed by atoms with Crippen molar-refractivity contribution in [2.75, 3.05) is 26.4 Å². The Morgan fingerprint density at radius 1 is 1.26 bits per heavy atom. The van der Waals surface area contributed by atoms with Crippen LogP contribution < -0.4 is 14.2 Å². The summed E-state index contributed by atoms with van der Waals surface area (Å²) in [5.74, 6) is 1.83. The van der Waals surface area contributed by atoms with Crippen LogP contribution in [0.2, 0.25) is 0 Å². The van der Waals surface area contributed by atoms with Crippen LogP contribution in [0, 0.1) is 5.92 Å². The van der Waals surface area contributed by atoms with Crippen molar-refractivity contribution in [3.05, 3.63) is 18.2 Å². The van der Waals surface area contributed by atoms with Gasteiger partial charge in [0.1, 0.15) is 0 Å². The van der Waals surface area contributed by atoms with E-state index in [9.17, 15) is 8.42 Å². The van der Waals surface area contributed by atoms with Crippen LogP contribution in [-0.2, 0) is 10.0 Å². The summed E-state index contributed by atoms with van der Waals surface area (Å²) in [4.78, 5) is 2.56. The smallest absolute Gasteiger partial charge is 0.240 e. The van der Waals surface area contributed by atoms with Crippen molar-refractivity contribution in [3.63, 3.8) is 0 Å². The Hall–Kier alpha value is -1.31. The summed E-state index contributed by atoms with van der Waals surface area (Å²) in [6.45, 7) is 6.95. The van der Waals surface area contributed by atoms with Crippen LogP contribution in [0.3, 0.4) is 0 Å². The maximum Gasteiger partial charge on any atom is 0.240 e. The minimum absolute atomic E-state index is 0.136. The lowest BCUT2D eigenvalue weighted by atomic mass is 9.98. The largest absolute Gasteiger partial charge is 0.454 e. The van der Waals surface area contributed by atoms with Crippen LogP contribution in [0.4, 0.5) is 0 Å². The molecule has 2 aliphatic rings. The van der Waals surface area contributed by atoms with E-state index in [2.05, 4.69) is 23.5 Å². The second kappa shape index (κ2) is 6.67. The van der Waals surface area contributed by atoms with Gasteiger partial charge >= 0.3 is 0 Å². The standard InChI is InChI=1S/C16H24N2O4S/c1-12-5-7-18(8-6-12)13(2)10-17-23(19,20)14-3-4-15-16(9-14)22-11-21-15/h3-4,9,12-13,17H,5-8,10-11H2,1-2H3. The maximum absolute atomic E-state index is 12.4. The summed E-state index contributed by atoms with van der Waals surface area (Å²) in [6.07, 6.45) is 2.36. The SMILES string of the molecule is CC1CCN(C(C)CNS(=O)(=O)c2ccc3c(c2)OCO3)CC1. The van der Waals surface area contributed by atoms with E-state index in [-0.39, 0.29) is 17.7 Å². The van der Waals surface area contributed by atoms with Gasteiger partial charge in [0.2, 0.25) is 16.8 Å². The minimum Gasteiger partial charge on any atom is -0.454 e. The lowest BCUT2D eigenvalue weighted by Gasteiger charge is -2.34.